The maximum absolute atomic E-state index is 11.8. The molecule has 2 heterocycles. The molecule has 0 saturated carbocycles. The van der Waals surface area contributed by atoms with E-state index in [2.05, 4.69) is 10.5 Å². The fourth-order valence-corrected chi connectivity index (χ4v) is 2.59. The summed E-state index contributed by atoms with van der Waals surface area (Å²) in [5.41, 5.74) is 3.12. The Labute approximate surface area is 153 Å². The summed E-state index contributed by atoms with van der Waals surface area (Å²) in [6.07, 6.45) is 5.79. The van der Waals surface area contributed by atoms with E-state index in [9.17, 15) is 9.59 Å². The number of hydrogen-bond acceptors (Lipinski definition) is 6. The minimum atomic E-state index is -0.526. The molecule has 0 aliphatic heterocycles. The normalized spacial score (nSPS) is 11.1. The summed E-state index contributed by atoms with van der Waals surface area (Å²) in [5.74, 6) is 0.125. The number of hydrazone groups is 1. The molecule has 1 amide bonds. The van der Waals surface area contributed by atoms with Crippen LogP contribution in [0.4, 0.5) is 0 Å². The van der Waals surface area contributed by atoms with Crippen LogP contribution < -0.4 is 10.2 Å². The SMILES string of the molecule is O=C(/C=C/c1ccco1)Oc1cccc(/C=N/NC(=O)c2cccs2)c1. The van der Waals surface area contributed by atoms with Crippen molar-refractivity contribution in [2.24, 2.45) is 5.10 Å². The first-order valence-electron chi connectivity index (χ1n) is 7.61. The number of furan rings is 1. The quantitative estimate of drug-likeness (QED) is 0.237. The smallest absolute Gasteiger partial charge is 0.336 e. The second-order valence-electron chi connectivity index (χ2n) is 5.02. The lowest BCUT2D eigenvalue weighted by Gasteiger charge is -2.02. The highest BCUT2D eigenvalue weighted by Gasteiger charge is 2.04. The second kappa shape index (κ2) is 8.59. The lowest BCUT2D eigenvalue weighted by molar-refractivity contribution is -0.128. The van der Waals surface area contributed by atoms with Crippen LogP contribution in [-0.4, -0.2) is 18.1 Å². The average Bonchev–Trinajstić information content (AvgIpc) is 3.34. The van der Waals surface area contributed by atoms with Crippen molar-refractivity contribution >= 4 is 35.5 Å². The highest BCUT2D eigenvalue weighted by Crippen LogP contribution is 2.13. The van der Waals surface area contributed by atoms with Crippen molar-refractivity contribution in [2.45, 2.75) is 0 Å². The fourth-order valence-electron chi connectivity index (χ4n) is 1.97. The van der Waals surface area contributed by atoms with Gasteiger partial charge in [-0.25, -0.2) is 10.2 Å². The van der Waals surface area contributed by atoms with Crippen molar-refractivity contribution in [3.63, 3.8) is 0 Å². The molecule has 1 aromatic carbocycles. The van der Waals surface area contributed by atoms with E-state index in [0.29, 0.717) is 22.0 Å². The molecule has 6 nitrogen and oxygen atoms in total. The lowest BCUT2D eigenvalue weighted by Crippen LogP contribution is -2.16. The number of rotatable bonds is 6. The van der Waals surface area contributed by atoms with Crippen molar-refractivity contribution in [3.8, 4) is 5.75 Å². The molecule has 3 rings (SSSR count). The molecule has 0 saturated heterocycles. The van der Waals surface area contributed by atoms with Crippen molar-refractivity contribution in [1.82, 2.24) is 5.43 Å². The van der Waals surface area contributed by atoms with E-state index < -0.39 is 5.97 Å². The lowest BCUT2D eigenvalue weighted by atomic mass is 10.2. The Kier molecular flexibility index (Phi) is 5.74. The van der Waals surface area contributed by atoms with Crippen LogP contribution in [0.25, 0.3) is 6.08 Å². The van der Waals surface area contributed by atoms with Crippen molar-refractivity contribution in [1.29, 1.82) is 0 Å². The van der Waals surface area contributed by atoms with Gasteiger partial charge in [0.2, 0.25) is 0 Å². The largest absolute Gasteiger partial charge is 0.465 e. The maximum atomic E-state index is 11.8. The third-order valence-corrected chi connectivity index (χ3v) is 4.00. The number of thiophene rings is 1. The Morgan fingerprint density at radius 2 is 2.08 bits per heavy atom. The molecule has 0 bridgehead atoms. The van der Waals surface area contributed by atoms with Gasteiger partial charge in [0, 0.05) is 6.08 Å². The van der Waals surface area contributed by atoms with Gasteiger partial charge in [0.15, 0.2) is 0 Å². The Morgan fingerprint density at radius 3 is 2.85 bits per heavy atom. The Bertz CT molecular complexity index is 928. The summed E-state index contributed by atoms with van der Waals surface area (Å²) in [6, 6.07) is 13.8. The van der Waals surface area contributed by atoms with Crippen molar-refractivity contribution in [3.05, 3.63) is 82.5 Å². The molecule has 2 aromatic heterocycles. The minimum Gasteiger partial charge on any atom is -0.465 e. The summed E-state index contributed by atoms with van der Waals surface area (Å²) < 4.78 is 10.3. The molecule has 0 radical (unpaired) electrons. The fraction of sp³-hybridized carbons (Fsp3) is 0. The topological polar surface area (TPSA) is 80.9 Å². The predicted molar refractivity (Wildman–Crippen MR) is 99.2 cm³/mol. The van der Waals surface area contributed by atoms with Gasteiger partial charge < -0.3 is 9.15 Å². The summed E-state index contributed by atoms with van der Waals surface area (Å²) >= 11 is 1.33. The first kappa shape index (κ1) is 17.4. The monoisotopic (exact) mass is 366 g/mol. The summed E-state index contributed by atoms with van der Waals surface area (Å²) in [4.78, 5) is 24.2. The summed E-state index contributed by atoms with van der Waals surface area (Å²) in [7, 11) is 0. The van der Waals surface area contributed by atoms with Gasteiger partial charge in [-0.2, -0.15) is 5.10 Å². The van der Waals surface area contributed by atoms with E-state index in [0.717, 1.165) is 0 Å². The highest BCUT2D eigenvalue weighted by atomic mass is 32.1. The average molecular weight is 366 g/mol. The van der Waals surface area contributed by atoms with E-state index >= 15 is 0 Å². The van der Waals surface area contributed by atoms with Gasteiger partial charge in [0.05, 0.1) is 17.4 Å². The number of amides is 1. The Hall–Kier alpha value is -3.45. The van der Waals surface area contributed by atoms with Gasteiger partial charge in [-0.05, 0) is 47.4 Å². The van der Waals surface area contributed by atoms with E-state index in [1.54, 1.807) is 48.5 Å². The number of esters is 1. The number of carbonyl (C=O) groups is 2. The molecule has 26 heavy (non-hydrogen) atoms. The van der Waals surface area contributed by atoms with E-state index in [4.69, 9.17) is 9.15 Å². The van der Waals surface area contributed by atoms with Crippen molar-refractivity contribution < 1.29 is 18.7 Å². The number of benzene rings is 1. The first-order valence-corrected chi connectivity index (χ1v) is 8.49. The molecule has 0 spiro atoms. The van der Waals surface area contributed by atoms with Gasteiger partial charge in [-0.3, -0.25) is 4.79 Å². The molecule has 1 N–H and O–H groups in total. The van der Waals surface area contributed by atoms with Crippen LogP contribution in [-0.2, 0) is 4.79 Å². The van der Waals surface area contributed by atoms with E-state index in [-0.39, 0.29) is 5.91 Å². The standard InChI is InChI=1S/C19H14N2O4S/c22-18(9-8-15-6-2-10-24-15)25-16-5-1-4-14(12-16)13-20-21-19(23)17-7-3-11-26-17/h1-13H,(H,21,23)/b9-8+,20-13+. The van der Waals surface area contributed by atoms with Gasteiger partial charge in [0.1, 0.15) is 11.5 Å². The van der Waals surface area contributed by atoms with Crippen LogP contribution >= 0.6 is 11.3 Å². The number of ether oxygens (including phenoxy) is 1. The molecular formula is C19H14N2O4S. The predicted octanol–water partition coefficient (Wildman–Crippen LogP) is 3.72. The van der Waals surface area contributed by atoms with Crippen LogP contribution in [0.2, 0.25) is 0 Å². The zero-order valence-electron chi connectivity index (χ0n) is 13.5. The zero-order chi connectivity index (χ0) is 18.2. The van der Waals surface area contributed by atoms with E-state index in [1.807, 2.05) is 5.38 Å². The van der Waals surface area contributed by atoms with Gasteiger partial charge >= 0.3 is 5.97 Å². The van der Waals surface area contributed by atoms with E-state index in [1.165, 1.54) is 36.0 Å². The molecule has 7 heteroatoms. The zero-order valence-corrected chi connectivity index (χ0v) is 14.3. The van der Waals surface area contributed by atoms with Crippen LogP contribution in [0.15, 0.2) is 75.8 Å². The van der Waals surface area contributed by atoms with Gasteiger partial charge in [0.25, 0.3) is 5.91 Å². The maximum Gasteiger partial charge on any atom is 0.336 e. The molecule has 0 atom stereocenters. The molecular weight excluding hydrogens is 352 g/mol. The van der Waals surface area contributed by atoms with Crippen LogP contribution in [0, 0.1) is 0 Å². The molecule has 0 unspecified atom stereocenters. The molecule has 0 fully saturated rings. The molecule has 0 aliphatic carbocycles. The molecule has 0 aliphatic rings. The molecule has 3 aromatic rings. The Balaban J connectivity index is 1.56. The summed E-state index contributed by atoms with van der Waals surface area (Å²) in [5, 5.41) is 5.72. The first-order chi connectivity index (χ1) is 12.7. The minimum absolute atomic E-state index is 0.276. The van der Waals surface area contributed by atoms with Crippen molar-refractivity contribution in [2.75, 3.05) is 0 Å². The second-order valence-corrected chi connectivity index (χ2v) is 5.97. The number of hydrogen-bond donors (Lipinski definition) is 1. The van der Waals surface area contributed by atoms with Gasteiger partial charge in [-0.15, -0.1) is 11.3 Å². The van der Waals surface area contributed by atoms with Crippen LogP contribution in [0.5, 0.6) is 5.75 Å². The summed E-state index contributed by atoms with van der Waals surface area (Å²) in [6.45, 7) is 0. The van der Waals surface area contributed by atoms with Crippen LogP contribution in [0.1, 0.15) is 21.0 Å². The number of carbonyl (C=O) groups excluding carboxylic acids is 2. The number of nitrogens with zero attached hydrogens (tertiary/aromatic N) is 1. The molecule has 130 valence electrons. The third kappa shape index (κ3) is 5.02. The third-order valence-electron chi connectivity index (χ3n) is 3.13. The van der Waals surface area contributed by atoms with Gasteiger partial charge in [-0.1, -0.05) is 18.2 Å². The number of nitrogens with one attached hydrogen (secondary N) is 1. The highest BCUT2D eigenvalue weighted by molar-refractivity contribution is 7.12. The Morgan fingerprint density at radius 1 is 1.15 bits per heavy atom. The van der Waals surface area contributed by atoms with Crippen LogP contribution in [0.3, 0.4) is 0 Å².